The first kappa shape index (κ1) is 25.6. The Morgan fingerprint density at radius 2 is 1.79 bits per heavy atom. The highest BCUT2D eigenvalue weighted by atomic mass is 19.4. The predicted molar refractivity (Wildman–Crippen MR) is 122 cm³/mol. The van der Waals surface area contributed by atoms with E-state index in [-0.39, 0.29) is 24.3 Å². The number of hydrogen-bond donors (Lipinski definition) is 2. The van der Waals surface area contributed by atoms with E-state index in [4.69, 9.17) is 4.74 Å². The number of carbonyl (C=O) groups excluding carboxylic acids is 2. The second-order valence-electron chi connectivity index (χ2n) is 8.55. The summed E-state index contributed by atoms with van der Waals surface area (Å²) in [5, 5.41) is 5.86. The number of amides is 2. The fourth-order valence-corrected chi connectivity index (χ4v) is 4.15. The normalized spacial score (nSPS) is 16.0. The molecule has 0 aromatic heterocycles. The topological polar surface area (TPSA) is 70.7 Å². The lowest BCUT2D eigenvalue weighted by Gasteiger charge is -2.32. The van der Waals surface area contributed by atoms with Gasteiger partial charge in [-0.15, -0.1) is 0 Å². The Bertz CT molecular complexity index is 971. The van der Waals surface area contributed by atoms with Crippen LogP contribution in [0.25, 0.3) is 0 Å². The average Bonchev–Trinajstić information content (AvgIpc) is 2.79. The summed E-state index contributed by atoms with van der Waals surface area (Å²) >= 11 is 0. The van der Waals surface area contributed by atoms with E-state index >= 15 is 0 Å². The van der Waals surface area contributed by atoms with Crippen molar-refractivity contribution in [2.75, 3.05) is 20.2 Å². The van der Waals surface area contributed by atoms with Crippen LogP contribution in [-0.4, -0.2) is 43.0 Å². The highest BCUT2D eigenvalue weighted by molar-refractivity contribution is 5.79. The van der Waals surface area contributed by atoms with Crippen molar-refractivity contribution in [3.05, 3.63) is 65.2 Å². The molecule has 34 heavy (non-hydrogen) atoms. The molecule has 9 heteroatoms. The van der Waals surface area contributed by atoms with E-state index in [9.17, 15) is 22.8 Å². The van der Waals surface area contributed by atoms with Gasteiger partial charge in [-0.1, -0.05) is 30.3 Å². The number of halogens is 3. The van der Waals surface area contributed by atoms with E-state index in [1.165, 1.54) is 19.1 Å². The van der Waals surface area contributed by atoms with Gasteiger partial charge >= 0.3 is 6.18 Å². The summed E-state index contributed by atoms with van der Waals surface area (Å²) < 4.78 is 44.0. The Hall–Kier alpha value is -3.07. The lowest BCUT2D eigenvalue weighted by Crippen LogP contribution is -2.45. The van der Waals surface area contributed by atoms with Gasteiger partial charge in [-0.05, 0) is 42.2 Å². The van der Waals surface area contributed by atoms with Gasteiger partial charge in [0.1, 0.15) is 5.75 Å². The van der Waals surface area contributed by atoms with Gasteiger partial charge in [-0.2, -0.15) is 13.2 Å². The molecule has 1 aliphatic rings. The number of nitrogens with zero attached hydrogens (tertiary/aromatic N) is 1. The van der Waals surface area contributed by atoms with Crippen LogP contribution < -0.4 is 15.4 Å². The first-order valence-corrected chi connectivity index (χ1v) is 11.2. The Balaban J connectivity index is 1.50. The second kappa shape index (κ2) is 11.4. The molecule has 1 unspecified atom stereocenters. The maximum atomic E-state index is 12.9. The SMILES string of the molecule is COc1ccc(C(CC(=O)NC2CCN(Cc3cccc(C(F)(F)F)c3)CC2)NC(C)=O)cc1. The number of likely N-dealkylation sites (tertiary alicyclic amines) is 1. The minimum absolute atomic E-state index is 0.0147. The van der Waals surface area contributed by atoms with Crippen LogP contribution in [0.4, 0.5) is 13.2 Å². The van der Waals surface area contributed by atoms with E-state index in [1.807, 2.05) is 12.1 Å². The number of alkyl halides is 3. The summed E-state index contributed by atoms with van der Waals surface area (Å²) in [6.45, 7) is 3.20. The smallest absolute Gasteiger partial charge is 0.416 e. The molecule has 3 rings (SSSR count). The lowest BCUT2D eigenvalue weighted by molar-refractivity contribution is -0.137. The molecule has 0 aliphatic carbocycles. The molecule has 1 aliphatic heterocycles. The van der Waals surface area contributed by atoms with Crippen LogP contribution in [0.1, 0.15) is 48.9 Å². The van der Waals surface area contributed by atoms with Gasteiger partial charge in [-0.3, -0.25) is 14.5 Å². The molecule has 2 aromatic rings. The summed E-state index contributed by atoms with van der Waals surface area (Å²) in [6, 6.07) is 12.1. The highest BCUT2D eigenvalue weighted by Crippen LogP contribution is 2.30. The van der Waals surface area contributed by atoms with Gasteiger partial charge < -0.3 is 15.4 Å². The maximum Gasteiger partial charge on any atom is 0.416 e. The third-order valence-corrected chi connectivity index (χ3v) is 5.90. The van der Waals surface area contributed by atoms with Crippen molar-refractivity contribution in [2.45, 2.75) is 51.0 Å². The van der Waals surface area contributed by atoms with E-state index in [0.717, 1.165) is 11.6 Å². The van der Waals surface area contributed by atoms with Crippen LogP contribution >= 0.6 is 0 Å². The van der Waals surface area contributed by atoms with Gasteiger partial charge in [0.05, 0.1) is 25.1 Å². The van der Waals surface area contributed by atoms with Crippen molar-refractivity contribution in [3.8, 4) is 5.75 Å². The fraction of sp³-hybridized carbons (Fsp3) is 0.440. The second-order valence-corrected chi connectivity index (χ2v) is 8.55. The molecule has 2 aromatic carbocycles. The zero-order valence-electron chi connectivity index (χ0n) is 19.3. The molecule has 2 N–H and O–H groups in total. The van der Waals surface area contributed by atoms with Crippen LogP contribution in [0.3, 0.4) is 0 Å². The molecule has 1 saturated heterocycles. The number of nitrogens with one attached hydrogen (secondary N) is 2. The molecule has 1 fully saturated rings. The molecule has 0 bridgehead atoms. The van der Waals surface area contributed by atoms with E-state index < -0.39 is 17.8 Å². The summed E-state index contributed by atoms with van der Waals surface area (Å²) in [5.41, 5.74) is 0.787. The van der Waals surface area contributed by atoms with Crippen molar-refractivity contribution in [2.24, 2.45) is 0 Å². The summed E-state index contributed by atoms with van der Waals surface area (Å²) in [5.74, 6) is 0.300. The molecular weight excluding hydrogens is 447 g/mol. The number of rotatable bonds is 8. The van der Waals surface area contributed by atoms with Crippen molar-refractivity contribution >= 4 is 11.8 Å². The number of hydrogen-bond acceptors (Lipinski definition) is 4. The zero-order chi connectivity index (χ0) is 24.7. The Labute approximate surface area is 197 Å². The molecule has 1 heterocycles. The number of ether oxygens (including phenoxy) is 1. The molecular formula is C25H30F3N3O3. The molecule has 0 saturated carbocycles. The molecule has 6 nitrogen and oxygen atoms in total. The van der Waals surface area contributed by atoms with E-state index in [1.54, 1.807) is 25.3 Å². The third kappa shape index (κ3) is 7.48. The summed E-state index contributed by atoms with van der Waals surface area (Å²) in [6.07, 6.45) is -2.83. The monoisotopic (exact) mass is 477 g/mol. The Morgan fingerprint density at radius 3 is 2.38 bits per heavy atom. The minimum atomic E-state index is -4.35. The largest absolute Gasteiger partial charge is 0.497 e. The van der Waals surface area contributed by atoms with Crippen molar-refractivity contribution in [3.63, 3.8) is 0 Å². The molecule has 0 radical (unpaired) electrons. The van der Waals surface area contributed by atoms with Crippen molar-refractivity contribution < 1.29 is 27.5 Å². The fourth-order valence-electron chi connectivity index (χ4n) is 4.15. The first-order chi connectivity index (χ1) is 16.1. The molecule has 1 atom stereocenters. The van der Waals surface area contributed by atoms with Crippen LogP contribution in [0.5, 0.6) is 5.75 Å². The van der Waals surface area contributed by atoms with Gasteiger partial charge in [0.15, 0.2) is 0 Å². The Morgan fingerprint density at radius 1 is 1.12 bits per heavy atom. The van der Waals surface area contributed by atoms with Gasteiger partial charge in [0, 0.05) is 32.6 Å². The maximum absolute atomic E-state index is 12.9. The first-order valence-electron chi connectivity index (χ1n) is 11.2. The quantitative estimate of drug-likeness (QED) is 0.602. The highest BCUT2D eigenvalue weighted by Gasteiger charge is 2.30. The predicted octanol–water partition coefficient (Wildman–Crippen LogP) is 4.06. The number of benzene rings is 2. The molecule has 0 spiro atoms. The van der Waals surface area contributed by atoms with E-state index in [2.05, 4.69) is 15.5 Å². The van der Waals surface area contributed by atoms with Gasteiger partial charge in [0.25, 0.3) is 0 Å². The number of carbonyl (C=O) groups is 2. The number of piperidine rings is 1. The van der Waals surface area contributed by atoms with Crippen LogP contribution in [0, 0.1) is 0 Å². The zero-order valence-corrected chi connectivity index (χ0v) is 19.3. The van der Waals surface area contributed by atoms with Gasteiger partial charge in [-0.25, -0.2) is 0 Å². The van der Waals surface area contributed by atoms with Crippen LogP contribution in [0.2, 0.25) is 0 Å². The van der Waals surface area contributed by atoms with Crippen LogP contribution in [-0.2, 0) is 22.3 Å². The van der Waals surface area contributed by atoms with Crippen molar-refractivity contribution in [1.29, 1.82) is 0 Å². The minimum Gasteiger partial charge on any atom is -0.497 e. The Kier molecular flexibility index (Phi) is 8.55. The summed E-state index contributed by atoms with van der Waals surface area (Å²) in [4.78, 5) is 26.4. The lowest BCUT2D eigenvalue weighted by atomic mass is 10.0. The van der Waals surface area contributed by atoms with Gasteiger partial charge in [0.2, 0.25) is 11.8 Å². The third-order valence-electron chi connectivity index (χ3n) is 5.90. The molecule has 2 amide bonds. The summed E-state index contributed by atoms with van der Waals surface area (Å²) in [7, 11) is 1.57. The van der Waals surface area contributed by atoms with E-state index in [0.29, 0.717) is 43.8 Å². The molecule has 184 valence electrons. The van der Waals surface area contributed by atoms with Crippen LogP contribution in [0.15, 0.2) is 48.5 Å². The number of methoxy groups -OCH3 is 1. The standard InChI is InChI=1S/C25H30F3N3O3/c1-17(32)29-23(19-6-8-22(34-2)9-7-19)15-24(33)30-21-10-12-31(13-11-21)16-18-4-3-5-20(14-18)25(26,27)28/h3-9,14,21,23H,10-13,15-16H2,1-2H3,(H,29,32)(H,30,33). The average molecular weight is 478 g/mol. The van der Waals surface area contributed by atoms with Crippen molar-refractivity contribution in [1.82, 2.24) is 15.5 Å².